The third-order valence-corrected chi connectivity index (χ3v) is 9.57. The van der Waals surface area contributed by atoms with Gasteiger partial charge in [0, 0.05) is 30.0 Å². The van der Waals surface area contributed by atoms with Crippen molar-refractivity contribution in [3.05, 3.63) is 48.0 Å². The molecule has 0 fully saturated rings. The molecule has 186 valence electrons. The molecule has 1 aromatic carbocycles. The minimum atomic E-state index is -2.86. The van der Waals surface area contributed by atoms with E-state index in [1.807, 2.05) is 0 Å². The van der Waals surface area contributed by atoms with Crippen molar-refractivity contribution in [2.45, 2.75) is 30.6 Å². The predicted octanol–water partition coefficient (Wildman–Crippen LogP) is 3.75. The molecule has 4 rings (SSSR count). The highest BCUT2D eigenvalue weighted by Gasteiger charge is 2.45. The summed E-state index contributed by atoms with van der Waals surface area (Å²) in [7, 11) is 0.0639. The van der Waals surface area contributed by atoms with Crippen LogP contribution in [0.3, 0.4) is 0 Å². The fourth-order valence-electron chi connectivity index (χ4n) is 3.95. The quantitative estimate of drug-likeness (QED) is 0.560. The molecule has 0 radical (unpaired) electrons. The van der Waals surface area contributed by atoms with Crippen LogP contribution in [0, 0.1) is 5.82 Å². The van der Waals surface area contributed by atoms with Crippen LogP contribution in [0.2, 0.25) is 0 Å². The van der Waals surface area contributed by atoms with Crippen LogP contribution >= 0.6 is 0 Å². The lowest BCUT2D eigenvalue weighted by atomic mass is 9.87. The van der Waals surface area contributed by atoms with E-state index in [-0.39, 0.29) is 23.6 Å². The monoisotopic (exact) mass is 504 g/mol. The van der Waals surface area contributed by atoms with Crippen molar-refractivity contribution in [3.8, 4) is 28.6 Å². The van der Waals surface area contributed by atoms with Crippen LogP contribution < -0.4 is 10.5 Å². The van der Waals surface area contributed by atoms with Crippen LogP contribution in [0.1, 0.15) is 25.8 Å². The van der Waals surface area contributed by atoms with E-state index in [2.05, 4.69) is 24.5 Å². The zero-order valence-corrected chi connectivity index (χ0v) is 20.6. The van der Waals surface area contributed by atoms with E-state index in [1.54, 1.807) is 19.9 Å². The number of aromatic nitrogens is 3. The number of aliphatic imine (C=N–C) groups is 1. The maximum atomic E-state index is 15.1. The number of methoxy groups -OCH3 is 1. The van der Waals surface area contributed by atoms with Gasteiger partial charge < -0.3 is 15.0 Å². The van der Waals surface area contributed by atoms with Crippen molar-refractivity contribution >= 4 is 15.6 Å². The number of hydrogen-bond acceptors (Lipinski definition) is 9. The van der Waals surface area contributed by atoms with Gasteiger partial charge in [-0.25, -0.2) is 27.3 Å². The van der Waals surface area contributed by atoms with E-state index in [4.69, 9.17) is 15.0 Å². The molecular formula is C23H26F2N6O3S. The Balaban J connectivity index is 1.77. The summed E-state index contributed by atoms with van der Waals surface area (Å²) in [6.45, 7) is 2.27. The molecule has 2 aromatic heterocycles. The molecule has 2 atom stereocenters. The lowest BCUT2D eigenvalue weighted by Gasteiger charge is -2.27. The molecule has 0 spiro atoms. The van der Waals surface area contributed by atoms with Gasteiger partial charge >= 0.3 is 0 Å². The summed E-state index contributed by atoms with van der Waals surface area (Å²) in [5, 5.41) is 4.01. The first-order valence-electron chi connectivity index (χ1n) is 10.8. The van der Waals surface area contributed by atoms with Gasteiger partial charge in [0.15, 0.2) is 5.76 Å². The third kappa shape index (κ3) is 4.15. The first-order valence-corrected chi connectivity index (χ1v) is 12.5. The topological polar surface area (TPSA) is 129 Å². The average molecular weight is 505 g/mol. The molecule has 12 heteroatoms. The van der Waals surface area contributed by atoms with Crippen molar-refractivity contribution in [1.29, 1.82) is 0 Å². The van der Waals surface area contributed by atoms with Gasteiger partial charge in [-0.05, 0) is 38.5 Å². The van der Waals surface area contributed by atoms with Gasteiger partial charge in [0.1, 0.15) is 40.0 Å². The van der Waals surface area contributed by atoms with E-state index in [0.29, 0.717) is 28.6 Å². The highest BCUT2D eigenvalue weighted by atomic mass is 32.2. The molecule has 3 heterocycles. The Hall–Kier alpha value is -3.41. The van der Waals surface area contributed by atoms with Gasteiger partial charge in [0.25, 0.3) is 0 Å². The number of halogens is 2. The summed E-state index contributed by atoms with van der Waals surface area (Å²) in [6.07, 6.45) is 2.89. The Labute approximate surface area is 202 Å². The summed E-state index contributed by atoms with van der Waals surface area (Å²) in [5.41, 5.74) is 5.85. The van der Waals surface area contributed by atoms with Crippen LogP contribution in [-0.4, -0.2) is 56.5 Å². The van der Waals surface area contributed by atoms with E-state index >= 15 is 4.39 Å². The number of benzene rings is 1. The summed E-state index contributed by atoms with van der Waals surface area (Å²) in [5.74, 6) is -0.0254. The summed E-state index contributed by atoms with van der Waals surface area (Å²) in [6, 6.07) is 5.78. The summed E-state index contributed by atoms with van der Waals surface area (Å²) in [4.78, 5) is 12.7. The summed E-state index contributed by atoms with van der Waals surface area (Å²) < 4.78 is 56.7. The van der Waals surface area contributed by atoms with Crippen molar-refractivity contribution in [2.75, 3.05) is 26.6 Å². The van der Waals surface area contributed by atoms with Crippen molar-refractivity contribution < 1.29 is 22.2 Å². The Morgan fingerprint density at radius 2 is 2.00 bits per heavy atom. The Kier molecular flexibility index (Phi) is 6.34. The lowest BCUT2D eigenvalue weighted by Crippen LogP contribution is -2.45. The van der Waals surface area contributed by atoms with E-state index in [9.17, 15) is 8.60 Å². The molecule has 0 saturated carbocycles. The van der Waals surface area contributed by atoms with E-state index < -0.39 is 32.5 Å². The predicted molar refractivity (Wildman–Crippen MR) is 129 cm³/mol. The van der Waals surface area contributed by atoms with Crippen LogP contribution in [0.15, 0.2) is 50.5 Å². The van der Waals surface area contributed by atoms with E-state index in [0.717, 1.165) is 0 Å². The molecule has 0 bridgehead atoms. The largest absolute Gasteiger partial charge is 0.480 e. The molecule has 0 unspecified atom stereocenters. The Bertz CT molecular complexity index is 1400. The second kappa shape index (κ2) is 8.99. The molecule has 1 aliphatic rings. The number of amidine groups is 1. The first-order chi connectivity index (χ1) is 16.6. The second-order valence-electron chi connectivity index (χ2n) is 8.66. The fraction of sp³-hybridized carbons (Fsp3) is 0.391. The number of ether oxygens (including phenoxy) is 1. The van der Waals surface area contributed by atoms with Crippen LogP contribution in [0.4, 0.5) is 8.78 Å². The Morgan fingerprint density at radius 3 is 2.63 bits per heavy atom. The van der Waals surface area contributed by atoms with Crippen LogP contribution in [0.5, 0.6) is 5.88 Å². The number of nitrogens with zero attached hydrogens (tertiary/aromatic N) is 5. The second-order valence-corrected chi connectivity index (χ2v) is 11.7. The van der Waals surface area contributed by atoms with Crippen molar-refractivity contribution in [3.63, 3.8) is 0 Å². The number of nitrogens with two attached hydrogens (primary N) is 1. The maximum Gasteiger partial charge on any atom is 0.232 e. The van der Waals surface area contributed by atoms with Gasteiger partial charge in [0.2, 0.25) is 5.88 Å². The van der Waals surface area contributed by atoms with Gasteiger partial charge in [-0.15, -0.1) is 0 Å². The normalized spacial score (nSPS) is 23.9. The van der Waals surface area contributed by atoms with Crippen molar-refractivity contribution in [1.82, 2.24) is 15.1 Å². The van der Waals surface area contributed by atoms with Crippen molar-refractivity contribution in [2.24, 2.45) is 15.1 Å². The molecule has 9 nitrogen and oxygen atoms in total. The smallest absolute Gasteiger partial charge is 0.232 e. The fourth-order valence-corrected chi connectivity index (χ4v) is 6.09. The minimum absolute atomic E-state index is 0.0108. The van der Waals surface area contributed by atoms with Crippen LogP contribution in [0.25, 0.3) is 22.7 Å². The van der Waals surface area contributed by atoms with Gasteiger partial charge in [-0.1, -0.05) is 5.16 Å². The number of alkyl halides is 1. The average Bonchev–Trinajstić information content (AvgIpc) is 3.34. The lowest BCUT2D eigenvalue weighted by molar-refractivity contribution is 0.298. The van der Waals surface area contributed by atoms with Gasteiger partial charge in [-0.3, -0.25) is 4.99 Å². The minimum Gasteiger partial charge on any atom is -0.480 e. The molecule has 1 aliphatic heterocycles. The Morgan fingerprint density at radius 1 is 1.23 bits per heavy atom. The highest BCUT2D eigenvalue weighted by molar-refractivity contribution is 7.95. The van der Waals surface area contributed by atoms with Gasteiger partial charge in [-0.2, -0.15) is 0 Å². The zero-order valence-electron chi connectivity index (χ0n) is 19.8. The molecule has 2 N–H and O–H groups in total. The first kappa shape index (κ1) is 24.7. The zero-order chi connectivity index (χ0) is 25.4. The van der Waals surface area contributed by atoms with Crippen LogP contribution in [-0.2, 0) is 15.3 Å². The summed E-state index contributed by atoms with van der Waals surface area (Å²) >= 11 is 0. The van der Waals surface area contributed by atoms with Gasteiger partial charge in [0.05, 0.1) is 29.2 Å². The molecule has 0 aliphatic carbocycles. The number of hydrogen-bond donors (Lipinski definition) is 1. The molecule has 0 saturated heterocycles. The molecular weight excluding hydrogens is 478 g/mol. The number of rotatable bonds is 5. The SMILES string of the molecule is CN=[S@]1(=O)CC[C@@](CF)(c2cc(-c3cc(-c4cnc(OC)cn4)no3)ccc2F)N=C(N)C1(C)C. The van der Waals surface area contributed by atoms with E-state index in [1.165, 1.54) is 44.8 Å². The highest BCUT2D eigenvalue weighted by Crippen LogP contribution is 2.40. The maximum absolute atomic E-state index is 15.1. The molecule has 3 aromatic rings. The third-order valence-electron chi connectivity index (χ3n) is 6.42. The standard InChI is InChI=1S/C23H26F2N6O3S/c1-22(2)21(26)30-23(13-24,7-8-35(22,32)27-3)15-9-14(5-6-16(15)25)19-10-17(31-34-19)18-11-29-20(33-4)12-28-18/h5-6,9-12H,7-8,13H2,1-4H3,(H2,26,30)/t23-,35+/m1/s1. The molecule has 0 amide bonds. The molecule has 35 heavy (non-hydrogen) atoms.